The molecule has 2 atom stereocenters. The zero-order valence-corrected chi connectivity index (χ0v) is 15.2. The molecule has 0 spiro atoms. The van der Waals surface area contributed by atoms with Crippen molar-refractivity contribution in [3.8, 4) is 0 Å². The highest BCUT2D eigenvalue weighted by atomic mass is 35.5. The second kappa shape index (κ2) is 8.25. The number of hydrogen-bond acceptors (Lipinski definition) is 4. The predicted octanol–water partition coefficient (Wildman–Crippen LogP) is 1.03. The van der Waals surface area contributed by atoms with E-state index in [1.807, 2.05) is 0 Å². The molecule has 3 fully saturated rings. The average molecular weight is 367 g/mol. The lowest BCUT2D eigenvalue weighted by Crippen LogP contribution is -2.55. The van der Waals surface area contributed by atoms with Crippen molar-refractivity contribution in [2.75, 3.05) is 52.9 Å². The maximum Gasteiger partial charge on any atom is 0.262 e. The van der Waals surface area contributed by atoms with Gasteiger partial charge in [-0.25, -0.2) is 8.78 Å². The van der Waals surface area contributed by atoms with Crippen LogP contribution in [0.4, 0.5) is 8.78 Å². The number of amides is 1. The maximum absolute atomic E-state index is 13.2. The number of carbonyl (C=O) groups excluding carboxylic acids is 1. The Kier molecular flexibility index (Phi) is 6.82. The Morgan fingerprint density at radius 1 is 1.17 bits per heavy atom. The van der Waals surface area contributed by atoms with Crippen LogP contribution in [-0.4, -0.2) is 91.5 Å². The quantitative estimate of drug-likeness (QED) is 0.810. The second-order valence-corrected chi connectivity index (χ2v) is 7.25. The normalized spacial score (nSPS) is 31.7. The number of hydrogen-bond donors (Lipinski definition) is 1. The van der Waals surface area contributed by atoms with Gasteiger partial charge in [0, 0.05) is 45.2 Å². The van der Waals surface area contributed by atoms with Gasteiger partial charge in [-0.15, -0.1) is 12.4 Å². The highest BCUT2D eigenvalue weighted by Gasteiger charge is 2.43. The number of likely N-dealkylation sites (tertiary alicyclic amines) is 1. The molecular formula is C16H29ClF2N4O. The van der Waals surface area contributed by atoms with E-state index < -0.39 is 12.0 Å². The summed E-state index contributed by atoms with van der Waals surface area (Å²) in [5.41, 5.74) is 0. The Labute approximate surface area is 149 Å². The number of likely N-dealkylation sites (N-methyl/N-ethyl adjacent to an activating group) is 1. The van der Waals surface area contributed by atoms with Crippen LogP contribution < -0.4 is 5.32 Å². The summed E-state index contributed by atoms with van der Waals surface area (Å²) in [4.78, 5) is 18.9. The van der Waals surface area contributed by atoms with Crippen molar-refractivity contribution in [2.24, 2.45) is 0 Å². The first-order valence-corrected chi connectivity index (χ1v) is 8.77. The molecule has 140 valence electrons. The van der Waals surface area contributed by atoms with E-state index in [4.69, 9.17) is 0 Å². The summed E-state index contributed by atoms with van der Waals surface area (Å²) >= 11 is 0. The van der Waals surface area contributed by atoms with Crippen molar-refractivity contribution >= 4 is 18.3 Å². The molecular weight excluding hydrogens is 338 g/mol. The summed E-state index contributed by atoms with van der Waals surface area (Å²) in [6.07, 6.45) is 3.47. The Morgan fingerprint density at radius 2 is 1.88 bits per heavy atom. The van der Waals surface area contributed by atoms with Crippen molar-refractivity contribution in [3.05, 3.63) is 0 Å². The lowest BCUT2D eigenvalue weighted by molar-refractivity contribution is -0.135. The molecule has 0 aromatic heterocycles. The monoisotopic (exact) mass is 366 g/mol. The Bertz CT molecular complexity index is 432. The van der Waals surface area contributed by atoms with E-state index >= 15 is 0 Å². The van der Waals surface area contributed by atoms with Crippen LogP contribution in [0.3, 0.4) is 0 Å². The minimum absolute atomic E-state index is 0. The van der Waals surface area contributed by atoms with Crippen LogP contribution >= 0.6 is 12.4 Å². The standard InChI is InChI=1S/C16H28F2N4O.ClH/c1-20-5-3-2-4-13(20)11-21-6-8-22(9-7-21)15(23)14-10-16(17,18)12-19-14;/h13-14,19H,2-12H2,1H3;1H. The van der Waals surface area contributed by atoms with E-state index in [0.29, 0.717) is 19.1 Å². The van der Waals surface area contributed by atoms with Gasteiger partial charge in [0.15, 0.2) is 0 Å². The molecule has 3 saturated heterocycles. The molecule has 3 heterocycles. The highest BCUT2D eigenvalue weighted by Crippen LogP contribution is 2.26. The lowest BCUT2D eigenvalue weighted by Gasteiger charge is -2.40. The fourth-order valence-electron chi connectivity index (χ4n) is 3.93. The van der Waals surface area contributed by atoms with Gasteiger partial charge in [0.2, 0.25) is 5.91 Å². The summed E-state index contributed by atoms with van der Waals surface area (Å²) in [5, 5.41) is 2.67. The first-order valence-electron chi connectivity index (χ1n) is 8.77. The molecule has 8 heteroatoms. The number of piperidine rings is 1. The molecule has 1 amide bonds. The second-order valence-electron chi connectivity index (χ2n) is 7.25. The maximum atomic E-state index is 13.2. The summed E-state index contributed by atoms with van der Waals surface area (Å²) in [6, 6.07) is -0.0952. The van der Waals surface area contributed by atoms with Gasteiger partial charge in [0.25, 0.3) is 5.92 Å². The minimum Gasteiger partial charge on any atom is -0.339 e. The smallest absolute Gasteiger partial charge is 0.262 e. The molecule has 0 bridgehead atoms. The van der Waals surface area contributed by atoms with Gasteiger partial charge in [-0.05, 0) is 26.4 Å². The van der Waals surface area contributed by atoms with Crippen molar-refractivity contribution in [1.29, 1.82) is 0 Å². The molecule has 3 rings (SSSR count). The number of halogens is 3. The first kappa shape index (κ1) is 19.8. The van der Waals surface area contributed by atoms with Gasteiger partial charge in [-0.2, -0.15) is 0 Å². The molecule has 0 aliphatic carbocycles. The van der Waals surface area contributed by atoms with Gasteiger partial charge in [-0.3, -0.25) is 15.0 Å². The molecule has 24 heavy (non-hydrogen) atoms. The van der Waals surface area contributed by atoms with Crippen LogP contribution in [-0.2, 0) is 4.79 Å². The van der Waals surface area contributed by atoms with Crippen LogP contribution in [0.5, 0.6) is 0 Å². The molecule has 0 aromatic carbocycles. The van der Waals surface area contributed by atoms with Crippen molar-refractivity contribution in [1.82, 2.24) is 20.0 Å². The Balaban J connectivity index is 0.00000208. The van der Waals surface area contributed by atoms with Crippen LogP contribution in [0.1, 0.15) is 25.7 Å². The average Bonchev–Trinajstić information content (AvgIpc) is 2.90. The summed E-state index contributed by atoms with van der Waals surface area (Å²) in [7, 11) is 2.19. The molecule has 0 saturated carbocycles. The third kappa shape index (κ3) is 4.77. The number of nitrogens with one attached hydrogen (secondary N) is 1. The van der Waals surface area contributed by atoms with Gasteiger partial charge >= 0.3 is 0 Å². The fourth-order valence-corrected chi connectivity index (χ4v) is 3.93. The van der Waals surface area contributed by atoms with Crippen LogP contribution in [0.15, 0.2) is 0 Å². The third-order valence-electron chi connectivity index (χ3n) is 5.48. The third-order valence-corrected chi connectivity index (χ3v) is 5.48. The predicted molar refractivity (Wildman–Crippen MR) is 91.9 cm³/mol. The Hall–Kier alpha value is -0.500. The van der Waals surface area contributed by atoms with Crippen molar-refractivity contribution in [2.45, 2.75) is 43.7 Å². The first-order chi connectivity index (χ1) is 10.9. The molecule has 3 aliphatic heterocycles. The van der Waals surface area contributed by atoms with E-state index in [1.165, 1.54) is 25.8 Å². The van der Waals surface area contributed by atoms with E-state index in [-0.39, 0.29) is 31.3 Å². The number of alkyl halides is 2. The summed E-state index contributed by atoms with van der Waals surface area (Å²) < 4.78 is 26.5. The molecule has 3 aliphatic rings. The number of carbonyl (C=O) groups is 1. The highest BCUT2D eigenvalue weighted by molar-refractivity contribution is 5.85. The molecule has 0 radical (unpaired) electrons. The van der Waals surface area contributed by atoms with E-state index in [2.05, 4.69) is 22.2 Å². The van der Waals surface area contributed by atoms with Crippen LogP contribution in [0.25, 0.3) is 0 Å². The minimum atomic E-state index is -2.74. The molecule has 5 nitrogen and oxygen atoms in total. The number of rotatable bonds is 3. The summed E-state index contributed by atoms with van der Waals surface area (Å²) in [5.74, 6) is -2.90. The van der Waals surface area contributed by atoms with Crippen molar-refractivity contribution in [3.63, 3.8) is 0 Å². The van der Waals surface area contributed by atoms with Crippen LogP contribution in [0, 0.1) is 0 Å². The summed E-state index contributed by atoms with van der Waals surface area (Å²) in [6.45, 7) is 4.84. The molecule has 0 aromatic rings. The lowest BCUT2D eigenvalue weighted by atomic mass is 10.0. The van der Waals surface area contributed by atoms with Gasteiger partial charge in [0.05, 0.1) is 12.6 Å². The van der Waals surface area contributed by atoms with E-state index in [1.54, 1.807) is 4.90 Å². The fraction of sp³-hybridized carbons (Fsp3) is 0.938. The zero-order chi connectivity index (χ0) is 16.4. The van der Waals surface area contributed by atoms with Crippen LogP contribution in [0.2, 0.25) is 0 Å². The zero-order valence-electron chi connectivity index (χ0n) is 14.3. The largest absolute Gasteiger partial charge is 0.339 e. The van der Waals surface area contributed by atoms with E-state index in [0.717, 1.165) is 19.6 Å². The number of piperazine rings is 1. The van der Waals surface area contributed by atoms with Gasteiger partial charge in [-0.1, -0.05) is 6.42 Å². The topological polar surface area (TPSA) is 38.8 Å². The van der Waals surface area contributed by atoms with Gasteiger partial charge in [0.1, 0.15) is 0 Å². The molecule has 1 N–H and O–H groups in total. The molecule has 2 unspecified atom stereocenters. The van der Waals surface area contributed by atoms with Gasteiger partial charge < -0.3 is 9.80 Å². The van der Waals surface area contributed by atoms with Crippen molar-refractivity contribution < 1.29 is 13.6 Å². The van der Waals surface area contributed by atoms with E-state index in [9.17, 15) is 13.6 Å². The Morgan fingerprint density at radius 3 is 2.46 bits per heavy atom. The number of nitrogens with zero attached hydrogens (tertiary/aromatic N) is 3. The SMILES string of the molecule is CN1CCCCC1CN1CCN(C(=O)C2CC(F)(F)CN2)CC1.Cl.